The zero-order chi connectivity index (χ0) is 7.70. The third kappa shape index (κ3) is 18.7. The van der Waals surface area contributed by atoms with E-state index in [1.807, 2.05) is 6.92 Å². The minimum absolute atomic E-state index is 0.250. The Labute approximate surface area is 54.3 Å². The number of rotatable bonds is 2. The summed E-state index contributed by atoms with van der Waals surface area (Å²) in [5.74, 6) is 0. The molecule has 0 aromatic rings. The van der Waals surface area contributed by atoms with Gasteiger partial charge in [-0.3, -0.25) is 4.79 Å². The van der Waals surface area contributed by atoms with Gasteiger partial charge >= 0.3 is 0 Å². The van der Waals surface area contributed by atoms with E-state index in [0.717, 1.165) is 6.42 Å². The molecule has 0 fully saturated rings. The molecule has 0 aliphatic carbocycles. The second-order valence-corrected chi connectivity index (χ2v) is 1.40. The van der Waals surface area contributed by atoms with Crippen LogP contribution < -0.4 is 5.73 Å². The highest BCUT2D eigenvalue weighted by Crippen LogP contribution is 1.81. The van der Waals surface area contributed by atoms with E-state index in [-0.39, 0.29) is 12.6 Å². The highest BCUT2D eigenvalue weighted by Gasteiger charge is 1.90. The molecule has 0 saturated carbocycles. The Hall–Kier alpha value is -0.610. The van der Waals surface area contributed by atoms with E-state index in [2.05, 4.69) is 0 Å². The zero-order valence-electron chi connectivity index (χ0n) is 5.45. The van der Waals surface area contributed by atoms with Crippen molar-refractivity contribution in [2.24, 2.45) is 5.73 Å². The van der Waals surface area contributed by atoms with Crippen molar-refractivity contribution >= 4 is 6.47 Å². The van der Waals surface area contributed by atoms with Gasteiger partial charge in [0.1, 0.15) is 0 Å². The fourth-order valence-electron chi connectivity index (χ4n) is 0.167. The second-order valence-electron chi connectivity index (χ2n) is 1.40. The molecule has 0 aromatic carbocycles. The summed E-state index contributed by atoms with van der Waals surface area (Å²) < 4.78 is 0. The molecule has 0 aromatic heterocycles. The van der Waals surface area contributed by atoms with E-state index in [1.165, 1.54) is 0 Å². The average molecular weight is 135 g/mol. The summed E-state index contributed by atoms with van der Waals surface area (Å²) in [6, 6.07) is 0. The van der Waals surface area contributed by atoms with Gasteiger partial charge in [-0.2, -0.15) is 0 Å². The summed E-state index contributed by atoms with van der Waals surface area (Å²) in [7, 11) is 0. The predicted molar refractivity (Wildman–Crippen MR) is 34.0 cm³/mol. The molecule has 56 valence electrons. The van der Waals surface area contributed by atoms with Gasteiger partial charge in [-0.15, -0.1) is 0 Å². The molecule has 4 nitrogen and oxygen atoms in total. The maximum absolute atomic E-state index is 8.54. The molecule has 9 heavy (non-hydrogen) atoms. The smallest absolute Gasteiger partial charge is 0.290 e. The number of hydrogen-bond donors (Lipinski definition) is 3. The van der Waals surface area contributed by atoms with E-state index < -0.39 is 0 Å². The first-order chi connectivity index (χ1) is 4.22. The molecule has 0 aliphatic heterocycles. The van der Waals surface area contributed by atoms with E-state index in [4.69, 9.17) is 20.7 Å². The minimum atomic E-state index is -0.287. The third-order valence-corrected chi connectivity index (χ3v) is 0.743. The Morgan fingerprint density at radius 1 is 1.78 bits per heavy atom. The van der Waals surface area contributed by atoms with E-state index in [9.17, 15) is 0 Å². The van der Waals surface area contributed by atoms with Crippen molar-refractivity contribution in [1.29, 1.82) is 0 Å². The quantitative estimate of drug-likeness (QED) is 0.442. The Morgan fingerprint density at radius 2 is 2.11 bits per heavy atom. The summed E-state index contributed by atoms with van der Waals surface area (Å²) in [5, 5.41) is 15.4. The highest BCUT2D eigenvalue weighted by atomic mass is 16.3. The Morgan fingerprint density at radius 3 is 2.11 bits per heavy atom. The fourth-order valence-corrected chi connectivity index (χ4v) is 0.167. The van der Waals surface area contributed by atoms with Gasteiger partial charge in [-0.1, -0.05) is 6.92 Å². The zero-order valence-corrected chi connectivity index (χ0v) is 5.45. The molecule has 0 spiro atoms. The normalized spacial score (nSPS) is 11.0. The molecule has 4 heteroatoms. The van der Waals surface area contributed by atoms with Crippen LogP contribution in [0.15, 0.2) is 0 Å². The van der Waals surface area contributed by atoms with Gasteiger partial charge < -0.3 is 15.9 Å². The third-order valence-electron chi connectivity index (χ3n) is 0.743. The largest absolute Gasteiger partial charge is 0.483 e. The lowest BCUT2D eigenvalue weighted by molar-refractivity contribution is -0.122. The SMILES string of the molecule is CCC(O)CN.O=CO. The molecule has 1 atom stereocenters. The van der Waals surface area contributed by atoms with Gasteiger partial charge in [0.15, 0.2) is 0 Å². The van der Waals surface area contributed by atoms with Crippen LogP contribution in [-0.2, 0) is 4.79 Å². The first-order valence-electron chi connectivity index (χ1n) is 2.68. The van der Waals surface area contributed by atoms with Crippen molar-refractivity contribution in [3.05, 3.63) is 0 Å². The molecule has 0 heterocycles. The number of nitrogens with two attached hydrogens (primary N) is 1. The molecular formula is C5H13NO3. The van der Waals surface area contributed by atoms with Crippen molar-refractivity contribution in [3.8, 4) is 0 Å². The first kappa shape index (κ1) is 11.2. The maximum Gasteiger partial charge on any atom is 0.290 e. The van der Waals surface area contributed by atoms with Crippen LogP contribution in [0.25, 0.3) is 0 Å². The van der Waals surface area contributed by atoms with Gasteiger partial charge in [0, 0.05) is 6.54 Å². The minimum Gasteiger partial charge on any atom is -0.483 e. The molecule has 4 N–H and O–H groups in total. The average Bonchev–Trinajstić information content (AvgIpc) is 1.88. The van der Waals surface area contributed by atoms with Gasteiger partial charge in [-0.25, -0.2) is 0 Å². The highest BCUT2D eigenvalue weighted by molar-refractivity contribution is 5.32. The van der Waals surface area contributed by atoms with Crippen LogP contribution in [0.3, 0.4) is 0 Å². The lowest BCUT2D eigenvalue weighted by atomic mass is 10.3. The molecule has 1 unspecified atom stereocenters. The standard InChI is InChI=1S/C4H11NO.CH2O2/c1-2-4(6)3-5;2-1-3/h4,6H,2-3,5H2,1H3;1H,(H,2,3). The van der Waals surface area contributed by atoms with Crippen LogP contribution in [0.2, 0.25) is 0 Å². The fraction of sp³-hybridized carbons (Fsp3) is 0.800. The number of aliphatic hydroxyl groups excluding tert-OH is 1. The van der Waals surface area contributed by atoms with Crippen LogP contribution in [0, 0.1) is 0 Å². The van der Waals surface area contributed by atoms with Crippen molar-refractivity contribution in [3.63, 3.8) is 0 Å². The topological polar surface area (TPSA) is 83.5 Å². The maximum atomic E-state index is 8.54. The van der Waals surface area contributed by atoms with Crippen molar-refractivity contribution < 1.29 is 15.0 Å². The van der Waals surface area contributed by atoms with Crippen LogP contribution in [0.5, 0.6) is 0 Å². The lowest BCUT2D eigenvalue weighted by Gasteiger charge is -1.98. The van der Waals surface area contributed by atoms with Gasteiger partial charge in [0.25, 0.3) is 6.47 Å². The number of carbonyl (C=O) groups is 1. The summed E-state index contributed by atoms with van der Waals surface area (Å²) in [5.41, 5.74) is 5.03. The molecule has 0 saturated heterocycles. The van der Waals surface area contributed by atoms with Crippen molar-refractivity contribution in [2.75, 3.05) is 6.54 Å². The summed E-state index contributed by atoms with van der Waals surface area (Å²) in [6.45, 7) is 2.04. The first-order valence-corrected chi connectivity index (χ1v) is 2.68. The molecule has 0 radical (unpaired) electrons. The summed E-state index contributed by atoms with van der Waals surface area (Å²) in [4.78, 5) is 8.36. The Bertz CT molecular complexity index is 54.2. The molecule has 0 amide bonds. The molecule has 0 rings (SSSR count). The van der Waals surface area contributed by atoms with Gasteiger partial charge in [0.2, 0.25) is 0 Å². The predicted octanol–water partition coefficient (Wildman–Crippen LogP) is -0.583. The number of hydrogen-bond acceptors (Lipinski definition) is 3. The van der Waals surface area contributed by atoms with Crippen LogP contribution in [0.4, 0.5) is 0 Å². The summed E-state index contributed by atoms with van der Waals surface area (Å²) in [6.07, 6.45) is 0.473. The molecular weight excluding hydrogens is 122 g/mol. The number of carboxylic acid groups (broad SMARTS) is 1. The van der Waals surface area contributed by atoms with Crippen LogP contribution >= 0.6 is 0 Å². The molecule has 0 bridgehead atoms. The summed E-state index contributed by atoms with van der Waals surface area (Å²) >= 11 is 0. The monoisotopic (exact) mass is 135 g/mol. The lowest BCUT2D eigenvalue weighted by Crippen LogP contribution is -2.17. The Kier molecular flexibility index (Phi) is 13.0. The second kappa shape index (κ2) is 10.4. The van der Waals surface area contributed by atoms with E-state index in [1.54, 1.807) is 0 Å². The van der Waals surface area contributed by atoms with Crippen molar-refractivity contribution in [2.45, 2.75) is 19.4 Å². The van der Waals surface area contributed by atoms with Crippen LogP contribution in [0.1, 0.15) is 13.3 Å². The van der Waals surface area contributed by atoms with Gasteiger partial charge in [-0.05, 0) is 6.42 Å². The number of aliphatic hydroxyl groups is 1. The van der Waals surface area contributed by atoms with Crippen molar-refractivity contribution in [1.82, 2.24) is 0 Å². The van der Waals surface area contributed by atoms with Crippen LogP contribution in [-0.4, -0.2) is 29.3 Å². The molecule has 0 aliphatic rings. The van der Waals surface area contributed by atoms with Gasteiger partial charge in [0.05, 0.1) is 6.10 Å². The Balaban J connectivity index is 0. The van der Waals surface area contributed by atoms with E-state index >= 15 is 0 Å². The van der Waals surface area contributed by atoms with E-state index in [0.29, 0.717) is 6.54 Å².